The summed E-state index contributed by atoms with van der Waals surface area (Å²) in [5.74, 6) is 4.80. The molecule has 0 bridgehead atoms. The second-order valence-corrected chi connectivity index (χ2v) is 6.71. The first-order valence-corrected chi connectivity index (χ1v) is 7.74. The van der Waals surface area contributed by atoms with Crippen molar-refractivity contribution in [2.45, 2.75) is 45.6 Å². The van der Waals surface area contributed by atoms with Crippen molar-refractivity contribution < 1.29 is 4.79 Å². The number of nitrogens with one attached hydrogen (secondary N) is 1. The highest BCUT2D eigenvalue weighted by Gasteiger charge is 2.47. The van der Waals surface area contributed by atoms with Crippen LogP contribution in [-0.4, -0.2) is 23.5 Å². The molecule has 3 heteroatoms. The van der Waals surface area contributed by atoms with E-state index in [1.54, 1.807) is 0 Å². The Morgan fingerprint density at radius 1 is 1.38 bits per heavy atom. The van der Waals surface area contributed by atoms with E-state index in [4.69, 9.17) is 0 Å². The van der Waals surface area contributed by atoms with Gasteiger partial charge in [-0.2, -0.15) is 11.8 Å². The molecule has 2 aliphatic carbocycles. The van der Waals surface area contributed by atoms with Crippen molar-refractivity contribution in [1.29, 1.82) is 0 Å². The summed E-state index contributed by atoms with van der Waals surface area (Å²) in [4.78, 5) is 11.9. The van der Waals surface area contributed by atoms with E-state index in [9.17, 15) is 4.79 Å². The summed E-state index contributed by atoms with van der Waals surface area (Å²) in [5, 5.41) is 3.17. The van der Waals surface area contributed by atoms with E-state index in [1.807, 2.05) is 11.8 Å². The molecule has 0 radical (unpaired) electrons. The third-order valence-corrected chi connectivity index (χ3v) is 4.83. The van der Waals surface area contributed by atoms with Crippen LogP contribution in [0.15, 0.2) is 0 Å². The van der Waals surface area contributed by atoms with Gasteiger partial charge in [-0.1, -0.05) is 6.92 Å². The third-order valence-electron chi connectivity index (χ3n) is 3.90. The van der Waals surface area contributed by atoms with Gasteiger partial charge in [0.2, 0.25) is 5.91 Å². The normalized spacial score (nSPS) is 33.2. The number of carbonyl (C=O) groups is 1. The predicted molar refractivity (Wildman–Crippen MR) is 69.5 cm³/mol. The fourth-order valence-electron chi connectivity index (χ4n) is 2.77. The lowest BCUT2D eigenvalue weighted by Gasteiger charge is -2.17. The maximum Gasteiger partial charge on any atom is 0.223 e. The molecule has 0 aliphatic heterocycles. The molecule has 0 spiro atoms. The van der Waals surface area contributed by atoms with Crippen LogP contribution in [0.1, 0.15) is 39.5 Å². The highest BCUT2D eigenvalue weighted by Crippen LogP contribution is 2.54. The minimum atomic E-state index is 0.321. The zero-order chi connectivity index (χ0) is 11.5. The minimum Gasteiger partial charge on any atom is -0.353 e. The Labute approximate surface area is 103 Å². The number of fused-ring (bicyclic) bond motifs is 1. The van der Waals surface area contributed by atoms with Crippen molar-refractivity contribution >= 4 is 17.7 Å². The number of amides is 1. The number of hydrogen-bond donors (Lipinski definition) is 1. The molecule has 0 aromatic carbocycles. The molecule has 2 saturated carbocycles. The third kappa shape index (κ3) is 3.16. The highest BCUT2D eigenvalue weighted by atomic mass is 32.2. The van der Waals surface area contributed by atoms with Crippen LogP contribution in [0.3, 0.4) is 0 Å². The van der Waals surface area contributed by atoms with E-state index in [1.165, 1.54) is 12.2 Å². The molecule has 1 amide bonds. The molecule has 0 saturated heterocycles. The molecule has 2 aliphatic rings. The van der Waals surface area contributed by atoms with Gasteiger partial charge in [0.15, 0.2) is 0 Å². The Morgan fingerprint density at radius 3 is 2.69 bits per heavy atom. The van der Waals surface area contributed by atoms with Crippen LogP contribution < -0.4 is 5.32 Å². The standard InChI is InChI=1S/C13H23NOS/c1-3-16-5-4-9(2)14-13(15)12-7-10-6-11(10)8-12/h9-12H,3-8H2,1-2H3,(H,14,15). The summed E-state index contributed by atoms with van der Waals surface area (Å²) in [7, 11) is 0. The molecule has 0 aromatic heterocycles. The molecule has 16 heavy (non-hydrogen) atoms. The van der Waals surface area contributed by atoms with E-state index in [0.29, 0.717) is 17.9 Å². The van der Waals surface area contributed by atoms with Gasteiger partial charge >= 0.3 is 0 Å². The average molecular weight is 241 g/mol. The van der Waals surface area contributed by atoms with Gasteiger partial charge in [-0.05, 0) is 55.9 Å². The molecule has 2 fully saturated rings. The van der Waals surface area contributed by atoms with Gasteiger partial charge in [0, 0.05) is 12.0 Å². The lowest BCUT2D eigenvalue weighted by atomic mass is 10.0. The van der Waals surface area contributed by atoms with Crippen LogP contribution in [0, 0.1) is 17.8 Å². The molecule has 0 aromatic rings. The van der Waals surface area contributed by atoms with Gasteiger partial charge in [-0.25, -0.2) is 0 Å². The van der Waals surface area contributed by atoms with Crippen molar-refractivity contribution in [3.05, 3.63) is 0 Å². The first kappa shape index (κ1) is 12.3. The molecular weight excluding hydrogens is 218 g/mol. The topological polar surface area (TPSA) is 29.1 Å². The zero-order valence-corrected chi connectivity index (χ0v) is 11.2. The van der Waals surface area contributed by atoms with Crippen LogP contribution in [-0.2, 0) is 4.79 Å². The summed E-state index contributed by atoms with van der Waals surface area (Å²) in [6.45, 7) is 4.31. The number of rotatable bonds is 6. The van der Waals surface area contributed by atoms with Gasteiger partial charge in [0.05, 0.1) is 0 Å². The van der Waals surface area contributed by atoms with Gasteiger partial charge in [0.25, 0.3) is 0 Å². The second kappa shape index (κ2) is 5.44. The smallest absolute Gasteiger partial charge is 0.223 e. The van der Waals surface area contributed by atoms with E-state index >= 15 is 0 Å². The van der Waals surface area contributed by atoms with Crippen LogP contribution >= 0.6 is 11.8 Å². The van der Waals surface area contributed by atoms with E-state index in [-0.39, 0.29) is 0 Å². The van der Waals surface area contributed by atoms with Crippen molar-refractivity contribution in [3.63, 3.8) is 0 Å². The van der Waals surface area contributed by atoms with Crippen LogP contribution in [0.25, 0.3) is 0 Å². The first-order chi connectivity index (χ1) is 7.70. The van der Waals surface area contributed by atoms with Crippen molar-refractivity contribution in [2.24, 2.45) is 17.8 Å². The summed E-state index contributed by atoms with van der Waals surface area (Å²) >= 11 is 1.95. The first-order valence-electron chi connectivity index (χ1n) is 6.58. The molecule has 3 atom stereocenters. The lowest BCUT2D eigenvalue weighted by Crippen LogP contribution is -2.37. The summed E-state index contributed by atoms with van der Waals surface area (Å²) in [6.07, 6.45) is 4.82. The van der Waals surface area contributed by atoms with E-state index in [2.05, 4.69) is 19.2 Å². The largest absolute Gasteiger partial charge is 0.353 e. The number of hydrogen-bond acceptors (Lipinski definition) is 2. The molecule has 3 unspecified atom stereocenters. The maximum atomic E-state index is 11.9. The molecule has 0 heterocycles. The Hall–Kier alpha value is -0.180. The average Bonchev–Trinajstić information content (AvgIpc) is 2.86. The Bertz CT molecular complexity index is 246. The number of thioether (sulfide) groups is 1. The maximum absolute atomic E-state index is 11.9. The minimum absolute atomic E-state index is 0.321. The van der Waals surface area contributed by atoms with Gasteiger partial charge in [-0.3, -0.25) is 4.79 Å². The summed E-state index contributed by atoms with van der Waals surface area (Å²) in [6, 6.07) is 0.350. The van der Waals surface area contributed by atoms with Crippen molar-refractivity contribution in [3.8, 4) is 0 Å². The van der Waals surface area contributed by atoms with Gasteiger partial charge < -0.3 is 5.32 Å². The summed E-state index contributed by atoms with van der Waals surface area (Å²) in [5.41, 5.74) is 0. The van der Waals surface area contributed by atoms with E-state index < -0.39 is 0 Å². The van der Waals surface area contributed by atoms with E-state index in [0.717, 1.165) is 36.9 Å². The highest BCUT2D eigenvalue weighted by molar-refractivity contribution is 7.99. The van der Waals surface area contributed by atoms with Gasteiger partial charge in [-0.15, -0.1) is 0 Å². The van der Waals surface area contributed by atoms with Crippen LogP contribution in [0.2, 0.25) is 0 Å². The van der Waals surface area contributed by atoms with Gasteiger partial charge in [0.1, 0.15) is 0 Å². The molecular formula is C13H23NOS. The van der Waals surface area contributed by atoms with Crippen molar-refractivity contribution in [1.82, 2.24) is 5.32 Å². The monoisotopic (exact) mass is 241 g/mol. The zero-order valence-electron chi connectivity index (χ0n) is 10.4. The lowest BCUT2D eigenvalue weighted by molar-refractivity contribution is -0.125. The molecule has 2 rings (SSSR count). The van der Waals surface area contributed by atoms with Crippen molar-refractivity contribution in [2.75, 3.05) is 11.5 Å². The van der Waals surface area contributed by atoms with Crippen LogP contribution in [0.5, 0.6) is 0 Å². The fourth-order valence-corrected chi connectivity index (χ4v) is 3.58. The number of carbonyl (C=O) groups excluding carboxylic acids is 1. The predicted octanol–water partition coefficient (Wildman–Crippen LogP) is 2.68. The Morgan fingerprint density at radius 2 is 2.06 bits per heavy atom. The second-order valence-electron chi connectivity index (χ2n) is 5.32. The molecule has 1 N–H and O–H groups in total. The quantitative estimate of drug-likeness (QED) is 0.724. The summed E-state index contributed by atoms with van der Waals surface area (Å²) < 4.78 is 0. The fraction of sp³-hybridized carbons (Fsp3) is 0.923. The SMILES string of the molecule is CCSCCC(C)NC(=O)C1CC2CC2C1. The van der Waals surface area contributed by atoms with Crippen LogP contribution in [0.4, 0.5) is 0 Å². The Kier molecular flexibility index (Phi) is 4.17. The molecule has 2 nitrogen and oxygen atoms in total. The Balaban J connectivity index is 1.62. The molecule has 92 valence electrons.